The summed E-state index contributed by atoms with van der Waals surface area (Å²) in [5.74, 6) is 9.85. The third-order valence-corrected chi connectivity index (χ3v) is 7.26. The fourth-order valence-corrected chi connectivity index (χ4v) is 4.69. The van der Waals surface area contributed by atoms with Crippen molar-refractivity contribution >= 4 is 0 Å². The zero-order chi connectivity index (χ0) is 30.7. The first-order chi connectivity index (χ1) is 21.7. The SMILES string of the molecule is CCCCCCOc1ccc(-c2ccc(Oc3ccc(C#Cc4ccc(OCCCCCCOCC)cc4)cc3)cc2)cc1. The van der Waals surface area contributed by atoms with Gasteiger partial charge in [0, 0.05) is 24.3 Å². The first kappa shape index (κ1) is 32.7. The van der Waals surface area contributed by atoms with E-state index in [0.29, 0.717) is 0 Å². The summed E-state index contributed by atoms with van der Waals surface area (Å²) in [7, 11) is 0. The lowest BCUT2D eigenvalue weighted by atomic mass is 10.1. The van der Waals surface area contributed by atoms with Crippen LogP contribution in [0.5, 0.6) is 23.0 Å². The lowest BCUT2D eigenvalue weighted by Gasteiger charge is -2.09. The van der Waals surface area contributed by atoms with Crippen molar-refractivity contribution in [3.05, 3.63) is 108 Å². The van der Waals surface area contributed by atoms with Crippen LogP contribution in [-0.2, 0) is 4.74 Å². The largest absolute Gasteiger partial charge is 0.494 e. The van der Waals surface area contributed by atoms with E-state index >= 15 is 0 Å². The van der Waals surface area contributed by atoms with Crippen LogP contribution in [0, 0.1) is 11.8 Å². The molecule has 0 saturated heterocycles. The van der Waals surface area contributed by atoms with Crippen LogP contribution >= 0.6 is 0 Å². The Morgan fingerprint density at radius 3 is 1.32 bits per heavy atom. The van der Waals surface area contributed by atoms with E-state index in [2.05, 4.69) is 43.0 Å². The second kappa shape index (κ2) is 19.2. The van der Waals surface area contributed by atoms with Crippen molar-refractivity contribution in [1.82, 2.24) is 0 Å². The molecule has 0 bridgehead atoms. The molecule has 44 heavy (non-hydrogen) atoms. The van der Waals surface area contributed by atoms with E-state index in [1.54, 1.807) is 0 Å². The normalized spacial score (nSPS) is 10.6. The molecule has 0 spiro atoms. The van der Waals surface area contributed by atoms with Gasteiger partial charge in [-0.05, 0) is 117 Å². The summed E-state index contributed by atoms with van der Waals surface area (Å²) in [6, 6.07) is 32.3. The molecule has 0 heterocycles. The van der Waals surface area contributed by atoms with Crippen molar-refractivity contribution in [3.8, 4) is 46.0 Å². The molecule has 0 aliphatic carbocycles. The van der Waals surface area contributed by atoms with E-state index in [4.69, 9.17) is 18.9 Å². The molecule has 0 N–H and O–H groups in total. The molecule has 0 saturated carbocycles. The molecule has 4 aromatic carbocycles. The number of hydrogen-bond acceptors (Lipinski definition) is 4. The average Bonchev–Trinajstić information content (AvgIpc) is 3.07. The fraction of sp³-hybridized carbons (Fsp3) is 0.350. The van der Waals surface area contributed by atoms with E-state index in [9.17, 15) is 0 Å². The van der Waals surface area contributed by atoms with Crippen molar-refractivity contribution in [2.24, 2.45) is 0 Å². The quantitative estimate of drug-likeness (QED) is 0.0853. The first-order valence-electron chi connectivity index (χ1n) is 16.2. The van der Waals surface area contributed by atoms with E-state index < -0.39 is 0 Å². The molecule has 4 heteroatoms. The average molecular weight is 591 g/mol. The molecule has 4 rings (SSSR count). The Hall–Kier alpha value is -4.20. The molecule has 230 valence electrons. The van der Waals surface area contributed by atoms with Gasteiger partial charge in [0.05, 0.1) is 13.2 Å². The van der Waals surface area contributed by atoms with Crippen molar-refractivity contribution in [1.29, 1.82) is 0 Å². The smallest absolute Gasteiger partial charge is 0.127 e. The Balaban J connectivity index is 1.19. The second-order valence-electron chi connectivity index (χ2n) is 10.8. The van der Waals surface area contributed by atoms with E-state index in [1.807, 2.05) is 79.7 Å². The second-order valence-corrected chi connectivity index (χ2v) is 10.8. The van der Waals surface area contributed by atoms with Crippen LogP contribution in [0.25, 0.3) is 11.1 Å². The lowest BCUT2D eigenvalue weighted by molar-refractivity contribution is 0.142. The molecule has 0 atom stereocenters. The monoisotopic (exact) mass is 590 g/mol. The number of rotatable bonds is 18. The molecule has 0 aromatic heterocycles. The summed E-state index contributed by atoms with van der Waals surface area (Å²) in [6.45, 7) is 7.43. The van der Waals surface area contributed by atoms with Gasteiger partial charge >= 0.3 is 0 Å². The molecular weight excluding hydrogens is 544 g/mol. The van der Waals surface area contributed by atoms with Crippen LogP contribution in [0.2, 0.25) is 0 Å². The highest BCUT2D eigenvalue weighted by Gasteiger charge is 2.02. The maximum absolute atomic E-state index is 6.07. The number of hydrogen-bond donors (Lipinski definition) is 0. The highest BCUT2D eigenvalue weighted by molar-refractivity contribution is 5.65. The van der Waals surface area contributed by atoms with E-state index in [0.717, 1.165) is 97.4 Å². The molecule has 4 nitrogen and oxygen atoms in total. The summed E-state index contributed by atoms with van der Waals surface area (Å²) >= 11 is 0. The first-order valence-corrected chi connectivity index (χ1v) is 16.2. The highest BCUT2D eigenvalue weighted by Crippen LogP contribution is 2.27. The fourth-order valence-electron chi connectivity index (χ4n) is 4.69. The van der Waals surface area contributed by atoms with E-state index in [1.165, 1.54) is 25.7 Å². The van der Waals surface area contributed by atoms with Gasteiger partial charge < -0.3 is 18.9 Å². The maximum atomic E-state index is 6.07. The third-order valence-electron chi connectivity index (χ3n) is 7.26. The maximum Gasteiger partial charge on any atom is 0.127 e. The van der Waals surface area contributed by atoms with Crippen LogP contribution in [0.4, 0.5) is 0 Å². The third kappa shape index (κ3) is 11.8. The van der Waals surface area contributed by atoms with Gasteiger partial charge in [0.25, 0.3) is 0 Å². The van der Waals surface area contributed by atoms with Gasteiger partial charge in [0.2, 0.25) is 0 Å². The summed E-state index contributed by atoms with van der Waals surface area (Å²) in [4.78, 5) is 0. The predicted octanol–water partition coefficient (Wildman–Crippen LogP) is 10.5. The summed E-state index contributed by atoms with van der Waals surface area (Å²) in [5.41, 5.74) is 4.19. The van der Waals surface area contributed by atoms with Crippen LogP contribution in [0.3, 0.4) is 0 Å². The summed E-state index contributed by atoms with van der Waals surface area (Å²) in [5, 5.41) is 0. The standard InChI is InChI=1S/C40H46O4/c1-3-5-6-10-31-43-38-26-18-35(19-27-38)36-20-28-40(29-21-36)44-39-24-16-34(17-25-39)13-12-33-14-22-37(23-15-33)42-32-11-8-7-9-30-41-4-2/h14-29H,3-11,30-32H2,1-2H3. The molecule has 0 unspecified atom stereocenters. The Labute approximate surface area is 264 Å². The Bertz CT molecular complexity index is 1400. The van der Waals surface area contributed by atoms with Crippen molar-refractivity contribution in [2.75, 3.05) is 26.4 Å². The van der Waals surface area contributed by atoms with Gasteiger partial charge in [-0.2, -0.15) is 0 Å². The van der Waals surface area contributed by atoms with Crippen LogP contribution in [0.15, 0.2) is 97.1 Å². The molecule has 4 aromatic rings. The predicted molar refractivity (Wildman–Crippen MR) is 181 cm³/mol. The van der Waals surface area contributed by atoms with Crippen LogP contribution in [0.1, 0.15) is 76.3 Å². The van der Waals surface area contributed by atoms with E-state index in [-0.39, 0.29) is 0 Å². The highest BCUT2D eigenvalue weighted by atomic mass is 16.5. The number of ether oxygens (including phenoxy) is 4. The van der Waals surface area contributed by atoms with Gasteiger partial charge in [-0.15, -0.1) is 0 Å². The molecule has 0 fully saturated rings. The summed E-state index contributed by atoms with van der Waals surface area (Å²) < 4.78 is 23.2. The van der Waals surface area contributed by atoms with Crippen molar-refractivity contribution in [2.45, 2.75) is 65.2 Å². The van der Waals surface area contributed by atoms with Gasteiger partial charge in [-0.25, -0.2) is 0 Å². The van der Waals surface area contributed by atoms with Gasteiger partial charge in [0.15, 0.2) is 0 Å². The van der Waals surface area contributed by atoms with Crippen LogP contribution in [-0.4, -0.2) is 26.4 Å². The minimum atomic E-state index is 0.737. The molecule has 0 amide bonds. The molecule has 0 aliphatic rings. The zero-order valence-corrected chi connectivity index (χ0v) is 26.4. The minimum absolute atomic E-state index is 0.737. The Morgan fingerprint density at radius 1 is 0.432 bits per heavy atom. The van der Waals surface area contributed by atoms with Gasteiger partial charge in [-0.1, -0.05) is 68.7 Å². The van der Waals surface area contributed by atoms with Gasteiger partial charge in [0.1, 0.15) is 23.0 Å². The Kier molecular flexibility index (Phi) is 14.2. The number of benzene rings is 4. The molecular formula is C40H46O4. The van der Waals surface area contributed by atoms with Crippen LogP contribution < -0.4 is 14.2 Å². The molecule has 0 aliphatic heterocycles. The van der Waals surface area contributed by atoms with Crippen molar-refractivity contribution in [3.63, 3.8) is 0 Å². The topological polar surface area (TPSA) is 36.9 Å². The lowest BCUT2D eigenvalue weighted by Crippen LogP contribution is -1.98. The Morgan fingerprint density at radius 2 is 0.841 bits per heavy atom. The number of unbranched alkanes of at least 4 members (excludes halogenated alkanes) is 6. The van der Waals surface area contributed by atoms with Crippen molar-refractivity contribution < 1.29 is 18.9 Å². The summed E-state index contributed by atoms with van der Waals surface area (Å²) in [6.07, 6.45) is 9.37. The minimum Gasteiger partial charge on any atom is -0.494 e. The molecule has 0 radical (unpaired) electrons. The zero-order valence-electron chi connectivity index (χ0n) is 26.4. The van der Waals surface area contributed by atoms with Gasteiger partial charge in [-0.3, -0.25) is 0 Å².